The molecule has 1 heterocycles. The van der Waals surface area contributed by atoms with Crippen molar-refractivity contribution in [3.05, 3.63) is 59.2 Å². The molecule has 168 valence electrons. The van der Waals surface area contributed by atoms with Crippen molar-refractivity contribution < 1.29 is 49.2 Å². The van der Waals surface area contributed by atoms with E-state index in [1.54, 1.807) is 0 Å². The van der Waals surface area contributed by atoms with Gasteiger partial charge in [0.15, 0.2) is 0 Å². The summed E-state index contributed by atoms with van der Waals surface area (Å²) in [6.07, 6.45) is 4.87. The number of hydrogen-bond donors (Lipinski definition) is 0. The van der Waals surface area contributed by atoms with E-state index in [0.29, 0.717) is 12.1 Å². The van der Waals surface area contributed by atoms with Crippen LogP contribution in [0.1, 0.15) is 5.56 Å². The fourth-order valence-corrected chi connectivity index (χ4v) is 2.94. The van der Waals surface area contributed by atoms with Gasteiger partial charge in [-0.05, 0) is 30.7 Å². The molecule has 1 aliphatic heterocycles. The molecule has 1 aromatic rings. The van der Waals surface area contributed by atoms with Crippen molar-refractivity contribution in [2.24, 2.45) is 0 Å². The first-order chi connectivity index (χ1) is 14.3. The Labute approximate surface area is 174 Å². The van der Waals surface area contributed by atoms with E-state index in [1.807, 2.05) is 0 Å². The van der Waals surface area contributed by atoms with Gasteiger partial charge in [0.25, 0.3) is 0 Å². The summed E-state index contributed by atoms with van der Waals surface area (Å²) in [4.78, 5) is 25.3. The molecule has 0 N–H and O–H groups in total. The Hall–Kier alpha value is -3.35. The highest BCUT2D eigenvalue weighted by Crippen LogP contribution is 2.36. The van der Waals surface area contributed by atoms with Gasteiger partial charge in [-0.2, -0.15) is 21.6 Å². The molecule has 0 unspecified atom stereocenters. The quantitative estimate of drug-likeness (QED) is 0.283. The number of hydrogen-bond acceptors (Lipinski definition) is 8. The van der Waals surface area contributed by atoms with Crippen LogP contribution < -0.4 is 9.08 Å². The number of carbonyl (C=O) groups excluding carboxylic acids is 2. The predicted octanol–water partition coefficient (Wildman–Crippen LogP) is 2.85. The number of ether oxygens (including phenoxy) is 2. The summed E-state index contributed by atoms with van der Waals surface area (Å²) in [5, 5.41) is 0. The molecule has 0 aromatic heterocycles. The number of allylic oxidation sites excluding steroid dienone is 2. The molecule has 0 aliphatic carbocycles. The summed E-state index contributed by atoms with van der Waals surface area (Å²) in [5.74, 6) is -4.01. The molecule has 1 aromatic carbocycles. The van der Waals surface area contributed by atoms with E-state index < -0.39 is 50.5 Å². The maximum absolute atomic E-state index is 14.8. The minimum Gasteiger partial charge on any atom is -0.465 e. The average Bonchev–Trinajstić information content (AvgIpc) is 2.90. The van der Waals surface area contributed by atoms with Crippen molar-refractivity contribution in [3.8, 4) is 5.75 Å². The standard InChI is InChI=1S/C18H15F4NO7S/c1-10-8-12(19)13(9-14(10)30-31(26,27)18(20,21)22)23-7-5-4-6-11(16(24)28-2)15(23)17(25)29-3/h4-9H,1-3H3. The molecule has 0 amide bonds. The lowest BCUT2D eigenvalue weighted by molar-refractivity contribution is -0.139. The highest BCUT2D eigenvalue weighted by atomic mass is 32.2. The van der Waals surface area contributed by atoms with E-state index in [-0.39, 0.29) is 11.1 Å². The molecule has 31 heavy (non-hydrogen) atoms. The van der Waals surface area contributed by atoms with Crippen molar-refractivity contribution in [1.82, 2.24) is 0 Å². The van der Waals surface area contributed by atoms with Crippen LogP contribution in [-0.2, 0) is 29.2 Å². The third kappa shape index (κ3) is 4.87. The van der Waals surface area contributed by atoms with Crippen LogP contribution in [0.25, 0.3) is 0 Å². The molecule has 2 rings (SSSR count). The largest absolute Gasteiger partial charge is 0.534 e. The van der Waals surface area contributed by atoms with Gasteiger partial charge in [0.05, 0.1) is 25.5 Å². The van der Waals surface area contributed by atoms with E-state index >= 15 is 0 Å². The zero-order valence-electron chi connectivity index (χ0n) is 16.2. The second-order valence-electron chi connectivity index (χ2n) is 5.87. The van der Waals surface area contributed by atoms with Crippen LogP contribution in [0.5, 0.6) is 5.75 Å². The molecule has 1 aliphatic rings. The van der Waals surface area contributed by atoms with E-state index in [9.17, 15) is 35.6 Å². The third-order valence-electron chi connectivity index (χ3n) is 3.88. The first kappa shape index (κ1) is 23.9. The number of halogens is 4. The Morgan fingerprint density at radius 1 is 1.03 bits per heavy atom. The van der Waals surface area contributed by atoms with Gasteiger partial charge in [0.2, 0.25) is 0 Å². The Bertz CT molecular complexity index is 1100. The molecule has 0 fully saturated rings. The first-order valence-corrected chi connectivity index (χ1v) is 9.60. The first-order valence-electron chi connectivity index (χ1n) is 8.20. The number of nitrogens with zero attached hydrogens (tertiary/aromatic N) is 1. The van der Waals surface area contributed by atoms with E-state index in [0.717, 1.165) is 32.2 Å². The fourth-order valence-electron chi connectivity index (χ4n) is 2.43. The Balaban J connectivity index is 2.73. The smallest absolute Gasteiger partial charge is 0.465 e. The molecule has 0 atom stereocenters. The van der Waals surface area contributed by atoms with Gasteiger partial charge >= 0.3 is 27.6 Å². The molecule has 0 radical (unpaired) electrons. The molecular weight excluding hydrogens is 450 g/mol. The minimum atomic E-state index is -6.05. The van der Waals surface area contributed by atoms with Crippen LogP contribution in [0.3, 0.4) is 0 Å². The Morgan fingerprint density at radius 2 is 1.65 bits per heavy atom. The van der Waals surface area contributed by atoms with Crippen LogP contribution in [0.2, 0.25) is 0 Å². The van der Waals surface area contributed by atoms with Gasteiger partial charge < -0.3 is 18.6 Å². The second-order valence-corrected chi connectivity index (χ2v) is 7.41. The molecule has 0 spiro atoms. The summed E-state index contributed by atoms with van der Waals surface area (Å²) >= 11 is 0. The Kier molecular flexibility index (Phi) is 6.79. The lowest BCUT2D eigenvalue weighted by Gasteiger charge is -2.24. The zero-order valence-corrected chi connectivity index (χ0v) is 17.0. The molecule has 0 saturated carbocycles. The summed E-state index contributed by atoms with van der Waals surface area (Å²) in [5.41, 5.74) is -7.49. The number of benzene rings is 1. The van der Waals surface area contributed by atoms with Crippen LogP contribution in [0.4, 0.5) is 23.2 Å². The zero-order chi connectivity index (χ0) is 23.6. The summed E-state index contributed by atoms with van der Waals surface area (Å²) < 4.78 is 88.9. The van der Waals surface area contributed by atoms with Crippen molar-refractivity contribution in [2.45, 2.75) is 12.4 Å². The molecular formula is C18H15F4NO7S. The summed E-state index contributed by atoms with van der Waals surface area (Å²) in [7, 11) is -4.04. The van der Waals surface area contributed by atoms with Crippen molar-refractivity contribution in [1.29, 1.82) is 0 Å². The lowest BCUT2D eigenvalue weighted by Crippen LogP contribution is -2.29. The highest BCUT2D eigenvalue weighted by molar-refractivity contribution is 7.88. The predicted molar refractivity (Wildman–Crippen MR) is 98.6 cm³/mol. The van der Waals surface area contributed by atoms with Crippen LogP contribution in [0, 0.1) is 12.7 Å². The highest BCUT2D eigenvalue weighted by Gasteiger charge is 2.48. The number of esters is 2. The second kappa shape index (κ2) is 8.79. The number of anilines is 1. The number of rotatable bonds is 5. The average molecular weight is 465 g/mol. The summed E-state index contributed by atoms with van der Waals surface area (Å²) in [6.45, 7) is 1.12. The van der Waals surface area contributed by atoms with Gasteiger partial charge in [-0.15, -0.1) is 0 Å². The van der Waals surface area contributed by atoms with E-state index in [1.165, 1.54) is 18.2 Å². The number of alkyl halides is 3. The number of methoxy groups -OCH3 is 2. The normalized spacial score (nSPS) is 14.4. The van der Waals surface area contributed by atoms with Crippen molar-refractivity contribution >= 4 is 27.7 Å². The van der Waals surface area contributed by atoms with E-state index in [4.69, 9.17) is 0 Å². The molecule has 8 nitrogen and oxygen atoms in total. The van der Waals surface area contributed by atoms with Gasteiger partial charge in [0, 0.05) is 12.3 Å². The monoisotopic (exact) mass is 465 g/mol. The van der Waals surface area contributed by atoms with Crippen LogP contribution in [-0.4, -0.2) is 40.1 Å². The fraction of sp³-hybridized carbons (Fsp3) is 0.222. The van der Waals surface area contributed by atoms with Gasteiger partial charge in [-0.25, -0.2) is 14.0 Å². The van der Waals surface area contributed by atoms with Crippen LogP contribution >= 0.6 is 0 Å². The Morgan fingerprint density at radius 3 is 2.19 bits per heavy atom. The number of aryl methyl sites for hydroxylation is 1. The number of carbonyl (C=O) groups is 2. The van der Waals surface area contributed by atoms with Gasteiger partial charge in [-0.3, -0.25) is 0 Å². The third-order valence-corrected chi connectivity index (χ3v) is 4.84. The van der Waals surface area contributed by atoms with Crippen LogP contribution in [0.15, 0.2) is 47.8 Å². The SMILES string of the molecule is COC(=O)C1=C(C(=O)OC)N(c2cc(OS(=O)(=O)C(F)(F)F)c(C)cc2F)C=CC=C1. The molecule has 13 heteroatoms. The maximum atomic E-state index is 14.8. The maximum Gasteiger partial charge on any atom is 0.534 e. The summed E-state index contributed by atoms with van der Waals surface area (Å²) in [6, 6.07) is 1.34. The van der Waals surface area contributed by atoms with Crippen molar-refractivity contribution in [3.63, 3.8) is 0 Å². The van der Waals surface area contributed by atoms with Crippen molar-refractivity contribution in [2.75, 3.05) is 19.1 Å². The topological polar surface area (TPSA) is 99.2 Å². The minimum absolute atomic E-state index is 0.275. The van der Waals surface area contributed by atoms with Gasteiger partial charge in [-0.1, -0.05) is 6.08 Å². The molecule has 0 bridgehead atoms. The van der Waals surface area contributed by atoms with Gasteiger partial charge in [0.1, 0.15) is 17.3 Å². The molecule has 0 saturated heterocycles. The van der Waals surface area contributed by atoms with E-state index in [2.05, 4.69) is 13.7 Å². The lowest BCUT2D eigenvalue weighted by atomic mass is 10.1.